The normalized spacial score (nSPS) is 23.1. The lowest BCUT2D eigenvalue weighted by molar-refractivity contribution is -0.385. The maximum atomic E-state index is 10.8. The number of nitrogens with one attached hydrogen (secondary N) is 1. The summed E-state index contributed by atoms with van der Waals surface area (Å²) in [4.78, 5) is 17.1. The van der Waals surface area contributed by atoms with Crippen LogP contribution in [0.25, 0.3) is 0 Å². The number of pyridine rings is 1. The van der Waals surface area contributed by atoms with Gasteiger partial charge in [-0.25, -0.2) is 4.98 Å². The highest BCUT2D eigenvalue weighted by molar-refractivity contribution is 5.48. The van der Waals surface area contributed by atoms with E-state index in [1.165, 1.54) is 6.20 Å². The van der Waals surface area contributed by atoms with E-state index < -0.39 is 4.92 Å². The number of ether oxygens (including phenoxy) is 2. The smallest absolute Gasteiger partial charge is 0.287 e. The van der Waals surface area contributed by atoms with Crippen molar-refractivity contribution < 1.29 is 14.4 Å². The summed E-state index contributed by atoms with van der Waals surface area (Å²) < 4.78 is 11.0. The van der Waals surface area contributed by atoms with Crippen molar-refractivity contribution in [2.45, 2.75) is 19.4 Å². The molecule has 2 fully saturated rings. The monoisotopic (exact) mass is 336 g/mol. The van der Waals surface area contributed by atoms with E-state index >= 15 is 0 Å². The number of hydrogen-bond acceptors (Lipinski definition) is 7. The Balaban J connectivity index is 1.67. The van der Waals surface area contributed by atoms with Gasteiger partial charge in [0.05, 0.1) is 24.7 Å². The predicted molar refractivity (Wildman–Crippen MR) is 89.2 cm³/mol. The lowest BCUT2D eigenvalue weighted by atomic mass is 9.97. The van der Waals surface area contributed by atoms with E-state index in [2.05, 4.69) is 15.2 Å². The third kappa shape index (κ3) is 4.00. The van der Waals surface area contributed by atoms with Crippen LogP contribution in [0.2, 0.25) is 0 Å². The molecule has 8 nitrogen and oxygen atoms in total. The van der Waals surface area contributed by atoms with Gasteiger partial charge in [0.25, 0.3) is 5.69 Å². The second-order valence-corrected chi connectivity index (χ2v) is 6.34. The molecular formula is C16H24N4O4. The fourth-order valence-corrected chi connectivity index (χ4v) is 3.41. The Bertz CT molecular complexity index is 571. The molecule has 2 saturated heterocycles. The number of nitrogens with zero attached hydrogens (tertiary/aromatic N) is 3. The highest BCUT2D eigenvalue weighted by atomic mass is 16.6. The largest absolute Gasteiger partial charge is 0.381 e. The quantitative estimate of drug-likeness (QED) is 0.621. The third-order valence-corrected chi connectivity index (χ3v) is 4.78. The maximum Gasteiger partial charge on any atom is 0.287 e. The molecule has 0 aromatic carbocycles. The summed E-state index contributed by atoms with van der Waals surface area (Å²) in [6.45, 7) is 7.57. The molecule has 2 aliphatic heterocycles. The van der Waals surface area contributed by atoms with Crippen LogP contribution >= 0.6 is 0 Å². The molecule has 3 rings (SSSR count). The molecule has 0 saturated carbocycles. The average molecular weight is 336 g/mol. The number of aryl methyl sites for hydroxylation is 1. The fraction of sp³-hybridized carbons (Fsp3) is 0.688. The van der Waals surface area contributed by atoms with E-state index in [1.807, 2.05) is 6.92 Å². The van der Waals surface area contributed by atoms with Crippen LogP contribution in [-0.4, -0.2) is 66.9 Å². The molecule has 1 N–H and O–H groups in total. The number of anilines is 1. The van der Waals surface area contributed by atoms with Crippen molar-refractivity contribution in [3.05, 3.63) is 27.9 Å². The molecular weight excluding hydrogens is 312 g/mol. The first-order valence-corrected chi connectivity index (χ1v) is 8.39. The summed E-state index contributed by atoms with van der Waals surface area (Å²) in [6.07, 6.45) is 2.37. The molecule has 0 spiro atoms. The Kier molecular flexibility index (Phi) is 5.60. The van der Waals surface area contributed by atoms with Crippen LogP contribution in [0.4, 0.5) is 11.5 Å². The average Bonchev–Trinajstić information content (AvgIpc) is 3.11. The lowest BCUT2D eigenvalue weighted by Crippen LogP contribution is -2.50. The van der Waals surface area contributed by atoms with Crippen LogP contribution in [0.5, 0.6) is 0 Å². The molecule has 2 atom stereocenters. The van der Waals surface area contributed by atoms with Crippen molar-refractivity contribution in [2.24, 2.45) is 5.92 Å². The lowest BCUT2D eigenvalue weighted by Gasteiger charge is -2.37. The zero-order valence-electron chi connectivity index (χ0n) is 13.9. The maximum absolute atomic E-state index is 10.8. The number of aromatic nitrogens is 1. The molecule has 1 aromatic rings. The Morgan fingerprint density at radius 1 is 1.42 bits per heavy atom. The van der Waals surface area contributed by atoms with E-state index in [0.29, 0.717) is 17.8 Å². The fourth-order valence-electron chi connectivity index (χ4n) is 3.41. The Labute approximate surface area is 141 Å². The van der Waals surface area contributed by atoms with Gasteiger partial charge in [-0.05, 0) is 18.9 Å². The number of rotatable bonds is 6. The van der Waals surface area contributed by atoms with Crippen molar-refractivity contribution in [3.63, 3.8) is 0 Å². The summed E-state index contributed by atoms with van der Waals surface area (Å²) in [7, 11) is 0. The molecule has 132 valence electrons. The Morgan fingerprint density at radius 3 is 2.83 bits per heavy atom. The summed E-state index contributed by atoms with van der Waals surface area (Å²) in [5, 5.41) is 14.2. The summed E-state index contributed by atoms with van der Waals surface area (Å²) in [5.74, 6) is 1.20. The van der Waals surface area contributed by atoms with Crippen molar-refractivity contribution >= 4 is 11.5 Å². The van der Waals surface area contributed by atoms with Crippen LogP contribution in [0.1, 0.15) is 12.0 Å². The van der Waals surface area contributed by atoms with E-state index in [1.54, 1.807) is 6.07 Å². The minimum Gasteiger partial charge on any atom is -0.381 e. The SMILES string of the molecule is Cc1cc([N+](=O)[O-])cnc1NC[C@H]([C@@H]1CCOC1)N1CCOCC1. The molecule has 24 heavy (non-hydrogen) atoms. The van der Waals surface area contributed by atoms with Crippen LogP contribution in [0, 0.1) is 23.0 Å². The van der Waals surface area contributed by atoms with Crippen molar-refractivity contribution in [3.8, 4) is 0 Å². The topological polar surface area (TPSA) is 89.8 Å². The van der Waals surface area contributed by atoms with Gasteiger partial charge >= 0.3 is 0 Å². The highest BCUT2D eigenvalue weighted by Crippen LogP contribution is 2.24. The van der Waals surface area contributed by atoms with Gasteiger partial charge in [0.2, 0.25) is 0 Å². The van der Waals surface area contributed by atoms with Crippen molar-refractivity contribution in [1.82, 2.24) is 9.88 Å². The first-order valence-electron chi connectivity index (χ1n) is 8.39. The first kappa shape index (κ1) is 17.1. The van der Waals surface area contributed by atoms with Gasteiger partial charge in [0.1, 0.15) is 12.0 Å². The van der Waals surface area contributed by atoms with E-state index in [0.717, 1.165) is 58.0 Å². The molecule has 2 aliphatic rings. The highest BCUT2D eigenvalue weighted by Gasteiger charge is 2.31. The van der Waals surface area contributed by atoms with Gasteiger partial charge in [-0.1, -0.05) is 0 Å². The number of morpholine rings is 1. The molecule has 3 heterocycles. The molecule has 1 aromatic heterocycles. The zero-order valence-corrected chi connectivity index (χ0v) is 13.9. The van der Waals surface area contributed by atoms with Gasteiger partial charge in [0, 0.05) is 44.3 Å². The minimum absolute atomic E-state index is 0.0203. The van der Waals surface area contributed by atoms with Gasteiger partial charge in [0.15, 0.2) is 0 Å². The number of hydrogen-bond donors (Lipinski definition) is 1. The summed E-state index contributed by atoms with van der Waals surface area (Å²) >= 11 is 0. The first-order chi connectivity index (χ1) is 11.6. The zero-order chi connectivity index (χ0) is 16.9. The molecule has 0 unspecified atom stereocenters. The van der Waals surface area contributed by atoms with Gasteiger partial charge in [-0.3, -0.25) is 15.0 Å². The van der Waals surface area contributed by atoms with E-state index in [4.69, 9.17) is 9.47 Å². The van der Waals surface area contributed by atoms with Gasteiger partial charge in [-0.15, -0.1) is 0 Å². The van der Waals surface area contributed by atoms with Gasteiger partial charge < -0.3 is 14.8 Å². The van der Waals surface area contributed by atoms with Crippen LogP contribution < -0.4 is 5.32 Å². The standard InChI is InChI=1S/C16H24N4O4/c1-12-8-14(20(21)22)9-17-16(12)18-10-15(13-2-5-24-11-13)19-3-6-23-7-4-19/h8-9,13,15H,2-7,10-11H2,1H3,(H,17,18)/t13-,15-/m1/s1. The molecule has 0 amide bonds. The summed E-state index contributed by atoms with van der Waals surface area (Å²) in [5.41, 5.74) is 0.805. The van der Waals surface area contributed by atoms with Crippen molar-refractivity contribution in [2.75, 3.05) is 51.4 Å². The Morgan fingerprint density at radius 2 is 2.21 bits per heavy atom. The molecule has 0 aliphatic carbocycles. The van der Waals surface area contributed by atoms with Crippen LogP contribution in [-0.2, 0) is 9.47 Å². The molecule has 0 bridgehead atoms. The Hall–Kier alpha value is -1.77. The van der Waals surface area contributed by atoms with E-state index in [-0.39, 0.29) is 5.69 Å². The van der Waals surface area contributed by atoms with Crippen molar-refractivity contribution in [1.29, 1.82) is 0 Å². The van der Waals surface area contributed by atoms with Gasteiger partial charge in [-0.2, -0.15) is 0 Å². The second-order valence-electron chi connectivity index (χ2n) is 6.34. The predicted octanol–water partition coefficient (Wildman–Crippen LogP) is 1.45. The third-order valence-electron chi connectivity index (χ3n) is 4.78. The molecule has 0 radical (unpaired) electrons. The summed E-state index contributed by atoms with van der Waals surface area (Å²) in [6, 6.07) is 1.91. The number of nitro groups is 1. The molecule has 8 heteroatoms. The second kappa shape index (κ2) is 7.87. The van der Waals surface area contributed by atoms with Crippen LogP contribution in [0.15, 0.2) is 12.3 Å². The minimum atomic E-state index is -0.420. The van der Waals surface area contributed by atoms with Crippen LogP contribution in [0.3, 0.4) is 0 Å². The van der Waals surface area contributed by atoms with E-state index in [9.17, 15) is 10.1 Å².